The molecule has 2 atom stereocenters. The smallest absolute Gasteiger partial charge is 0.416 e. The molecule has 8 heteroatoms. The van der Waals surface area contributed by atoms with Crippen LogP contribution >= 0.6 is 0 Å². The number of aliphatic carboxylic acids is 1. The summed E-state index contributed by atoms with van der Waals surface area (Å²) in [6.07, 6.45) is -3.40. The fourth-order valence-corrected chi connectivity index (χ4v) is 4.72. The summed E-state index contributed by atoms with van der Waals surface area (Å²) in [7, 11) is -0.127. The summed E-state index contributed by atoms with van der Waals surface area (Å²) in [6, 6.07) is 16.7. The van der Waals surface area contributed by atoms with E-state index in [0.717, 1.165) is 12.1 Å². The highest BCUT2D eigenvalue weighted by Gasteiger charge is 2.33. The molecular weight excluding hydrogens is 441 g/mol. The van der Waals surface area contributed by atoms with Crippen LogP contribution in [0.15, 0.2) is 66.7 Å². The lowest BCUT2D eigenvalue weighted by molar-refractivity contribution is -0.138. The van der Waals surface area contributed by atoms with Crippen molar-refractivity contribution >= 4 is 16.8 Å². The molecule has 0 radical (unpaired) electrons. The normalized spacial score (nSPS) is 13.4. The maximum Gasteiger partial charge on any atom is 0.416 e. The number of carboxylic acids is 1. The first-order valence-corrected chi connectivity index (χ1v) is 11.2. The topological polar surface area (TPSA) is 63.6 Å². The van der Waals surface area contributed by atoms with Gasteiger partial charge in [-0.25, -0.2) is 0 Å². The number of carbonyl (C=O) groups is 1. The Morgan fingerprint density at radius 1 is 1.03 bits per heavy atom. The largest absolute Gasteiger partial charge is 0.496 e. The molecule has 3 aromatic rings. The van der Waals surface area contributed by atoms with Gasteiger partial charge in [-0.15, -0.1) is 0 Å². The predicted molar refractivity (Wildman–Crippen MR) is 117 cm³/mol. The van der Waals surface area contributed by atoms with Crippen molar-refractivity contribution in [1.29, 1.82) is 0 Å². The van der Waals surface area contributed by atoms with E-state index in [-0.39, 0.29) is 12.0 Å². The van der Waals surface area contributed by atoms with Gasteiger partial charge in [0.25, 0.3) is 0 Å². The van der Waals surface area contributed by atoms with Gasteiger partial charge in [-0.1, -0.05) is 42.5 Å². The molecule has 0 amide bonds. The fraction of sp³-hybridized carbons (Fsp3) is 0.208. The Hall–Kier alpha value is -3.13. The number of ether oxygens (including phenoxy) is 1. The highest BCUT2D eigenvalue weighted by Crippen LogP contribution is 2.42. The van der Waals surface area contributed by atoms with Crippen molar-refractivity contribution in [1.82, 2.24) is 0 Å². The Morgan fingerprint density at radius 2 is 1.72 bits per heavy atom. The molecule has 0 fully saturated rings. The van der Waals surface area contributed by atoms with Crippen LogP contribution in [0.25, 0.3) is 11.1 Å². The van der Waals surface area contributed by atoms with Crippen LogP contribution < -0.4 is 4.74 Å². The van der Waals surface area contributed by atoms with E-state index in [1.807, 2.05) is 0 Å². The van der Waals surface area contributed by atoms with Crippen molar-refractivity contribution in [2.45, 2.75) is 17.8 Å². The molecule has 3 aromatic carbocycles. The first-order valence-electron chi connectivity index (χ1n) is 9.59. The molecule has 0 aliphatic heterocycles. The first kappa shape index (κ1) is 23.5. The van der Waals surface area contributed by atoms with Crippen molar-refractivity contribution < 1.29 is 32.0 Å². The number of alkyl halides is 3. The van der Waals surface area contributed by atoms with E-state index in [2.05, 4.69) is 0 Å². The number of hydrogen-bond acceptors (Lipinski definition) is 3. The zero-order valence-electron chi connectivity index (χ0n) is 17.3. The molecule has 0 aliphatic carbocycles. The van der Waals surface area contributed by atoms with Crippen molar-refractivity contribution in [3.8, 4) is 16.9 Å². The fourth-order valence-electron chi connectivity index (χ4n) is 3.63. The average Bonchev–Trinajstić information content (AvgIpc) is 2.73. The average molecular weight is 462 g/mol. The summed E-state index contributed by atoms with van der Waals surface area (Å²) in [4.78, 5) is 11.2. The summed E-state index contributed by atoms with van der Waals surface area (Å²) in [5.41, 5.74) is 1.26. The number of rotatable bonds is 7. The third kappa shape index (κ3) is 5.19. The highest BCUT2D eigenvalue weighted by molar-refractivity contribution is 7.84. The van der Waals surface area contributed by atoms with E-state index in [4.69, 9.17) is 9.84 Å². The summed E-state index contributed by atoms with van der Waals surface area (Å²) in [5.74, 6) is -0.667. The van der Waals surface area contributed by atoms with E-state index < -0.39 is 33.8 Å². The molecule has 4 nitrogen and oxygen atoms in total. The van der Waals surface area contributed by atoms with Gasteiger partial charge >= 0.3 is 12.1 Å². The molecule has 168 valence electrons. The summed E-state index contributed by atoms with van der Waals surface area (Å²) < 4.78 is 58.9. The second-order valence-corrected chi connectivity index (χ2v) is 8.66. The SMILES string of the molecule is COc1ccc(CC(=O)O)cc1-c1ccc(C(F)(F)F)cc1C(c1ccccc1)S(C)=O. The summed E-state index contributed by atoms with van der Waals surface area (Å²) in [6.45, 7) is 0. The van der Waals surface area contributed by atoms with E-state index in [0.29, 0.717) is 28.0 Å². The second-order valence-electron chi connectivity index (χ2n) is 7.19. The van der Waals surface area contributed by atoms with Gasteiger partial charge in [0.1, 0.15) is 5.75 Å². The van der Waals surface area contributed by atoms with Crippen LogP contribution in [0.1, 0.15) is 27.5 Å². The van der Waals surface area contributed by atoms with Crippen LogP contribution in [-0.4, -0.2) is 28.7 Å². The lowest BCUT2D eigenvalue weighted by atomic mass is 9.91. The van der Waals surface area contributed by atoms with Gasteiger partial charge in [-0.2, -0.15) is 13.2 Å². The molecule has 1 N–H and O–H groups in total. The minimum Gasteiger partial charge on any atom is -0.496 e. The molecule has 2 unspecified atom stereocenters. The molecular formula is C24H21F3O4S. The van der Waals surface area contributed by atoms with Crippen LogP contribution in [0.5, 0.6) is 5.75 Å². The Morgan fingerprint density at radius 3 is 2.28 bits per heavy atom. The zero-order valence-corrected chi connectivity index (χ0v) is 18.2. The van der Waals surface area contributed by atoms with Crippen LogP contribution in [0.2, 0.25) is 0 Å². The van der Waals surface area contributed by atoms with Gasteiger partial charge in [-0.05, 0) is 46.5 Å². The number of methoxy groups -OCH3 is 1. The molecule has 0 heterocycles. The van der Waals surface area contributed by atoms with Crippen LogP contribution in [-0.2, 0) is 28.2 Å². The number of carboxylic acid groups (broad SMARTS) is 1. The van der Waals surface area contributed by atoms with Crippen molar-refractivity contribution in [3.05, 3.63) is 89.0 Å². The third-order valence-corrected chi connectivity index (χ3v) is 6.19. The van der Waals surface area contributed by atoms with Crippen molar-refractivity contribution in [3.63, 3.8) is 0 Å². The first-order chi connectivity index (χ1) is 15.1. The molecule has 0 aromatic heterocycles. The predicted octanol–water partition coefficient (Wildman–Crippen LogP) is 5.48. The molecule has 0 aliphatic rings. The molecule has 32 heavy (non-hydrogen) atoms. The number of benzene rings is 3. The molecule has 0 bridgehead atoms. The monoisotopic (exact) mass is 462 g/mol. The van der Waals surface area contributed by atoms with E-state index in [1.54, 1.807) is 48.5 Å². The Kier molecular flexibility index (Phi) is 7.03. The summed E-state index contributed by atoms with van der Waals surface area (Å²) >= 11 is 0. The Bertz CT molecular complexity index is 1140. The van der Waals surface area contributed by atoms with Crippen LogP contribution in [0, 0.1) is 0 Å². The minimum absolute atomic E-state index is 0.220. The van der Waals surface area contributed by atoms with Crippen LogP contribution in [0.3, 0.4) is 0 Å². The Labute approximate surface area is 186 Å². The minimum atomic E-state index is -4.58. The van der Waals surface area contributed by atoms with Crippen molar-refractivity contribution in [2.24, 2.45) is 0 Å². The van der Waals surface area contributed by atoms with Crippen molar-refractivity contribution in [2.75, 3.05) is 13.4 Å². The van der Waals surface area contributed by atoms with Gasteiger partial charge < -0.3 is 9.84 Å². The molecule has 0 saturated heterocycles. The van der Waals surface area contributed by atoms with Gasteiger partial charge in [0.15, 0.2) is 0 Å². The zero-order chi connectivity index (χ0) is 23.5. The Balaban J connectivity index is 2.32. The quantitative estimate of drug-likeness (QED) is 0.505. The molecule has 0 saturated carbocycles. The maximum atomic E-state index is 13.6. The standard InChI is InChI=1S/C24H21F3O4S/c1-31-21-11-8-15(13-22(28)29)12-19(21)18-10-9-17(24(25,26)27)14-20(18)23(32(2)30)16-6-4-3-5-7-16/h3-12,14,23H,13H2,1-2H3,(H,28,29). The highest BCUT2D eigenvalue weighted by atomic mass is 32.2. The molecule has 0 spiro atoms. The van der Waals surface area contributed by atoms with Gasteiger partial charge in [0.2, 0.25) is 0 Å². The number of halogens is 3. The van der Waals surface area contributed by atoms with Gasteiger partial charge in [0.05, 0.1) is 24.3 Å². The lowest BCUT2D eigenvalue weighted by Gasteiger charge is -2.22. The van der Waals surface area contributed by atoms with E-state index in [1.165, 1.54) is 19.4 Å². The van der Waals surface area contributed by atoms with Crippen LogP contribution in [0.4, 0.5) is 13.2 Å². The lowest BCUT2D eigenvalue weighted by Crippen LogP contribution is -2.12. The maximum absolute atomic E-state index is 13.6. The van der Waals surface area contributed by atoms with E-state index >= 15 is 0 Å². The second kappa shape index (κ2) is 9.56. The number of hydrogen-bond donors (Lipinski definition) is 1. The van der Waals surface area contributed by atoms with Gasteiger partial charge in [-0.3, -0.25) is 9.00 Å². The third-order valence-electron chi connectivity index (χ3n) is 5.01. The summed E-state index contributed by atoms with van der Waals surface area (Å²) in [5, 5.41) is 8.32. The van der Waals surface area contributed by atoms with E-state index in [9.17, 15) is 22.2 Å². The van der Waals surface area contributed by atoms with Gasteiger partial charge in [0, 0.05) is 22.6 Å². The molecule has 3 rings (SSSR count).